The van der Waals surface area contributed by atoms with Crippen LogP contribution in [-0.4, -0.2) is 36.7 Å². The lowest BCUT2D eigenvalue weighted by molar-refractivity contribution is -0.143. The standard InChI is InChI=1S/C13H25NO2S/c1-2-16-13(15)8-4-3-5-9-14-11-12-7-6-10-17-12/h12,14H,2-11H2,1H3. The van der Waals surface area contributed by atoms with E-state index in [1.54, 1.807) is 0 Å². The van der Waals surface area contributed by atoms with Crippen LogP contribution in [-0.2, 0) is 9.53 Å². The fourth-order valence-electron chi connectivity index (χ4n) is 2.00. The van der Waals surface area contributed by atoms with Gasteiger partial charge in [0.15, 0.2) is 0 Å². The summed E-state index contributed by atoms with van der Waals surface area (Å²) in [6.45, 7) is 4.59. The molecule has 1 rings (SSSR count). The van der Waals surface area contributed by atoms with Crippen LogP contribution < -0.4 is 5.32 Å². The minimum absolute atomic E-state index is 0.0529. The van der Waals surface area contributed by atoms with Crippen LogP contribution in [0.25, 0.3) is 0 Å². The van der Waals surface area contributed by atoms with Crippen molar-refractivity contribution in [3.05, 3.63) is 0 Å². The molecule has 1 heterocycles. The first-order valence-corrected chi connectivity index (χ1v) is 7.85. The lowest BCUT2D eigenvalue weighted by atomic mass is 10.2. The molecule has 0 aromatic carbocycles. The Labute approximate surface area is 109 Å². The largest absolute Gasteiger partial charge is 0.466 e. The van der Waals surface area contributed by atoms with Gasteiger partial charge < -0.3 is 10.1 Å². The molecule has 3 nitrogen and oxygen atoms in total. The zero-order valence-electron chi connectivity index (χ0n) is 10.9. The number of nitrogens with one attached hydrogen (secondary N) is 1. The molecule has 1 aliphatic heterocycles. The molecule has 1 atom stereocenters. The molecule has 0 aliphatic carbocycles. The summed E-state index contributed by atoms with van der Waals surface area (Å²) in [6.07, 6.45) is 6.57. The molecule has 0 spiro atoms. The van der Waals surface area contributed by atoms with E-state index in [0.29, 0.717) is 13.0 Å². The van der Waals surface area contributed by atoms with E-state index >= 15 is 0 Å². The van der Waals surface area contributed by atoms with Gasteiger partial charge in [-0.15, -0.1) is 0 Å². The molecule has 0 aromatic rings. The van der Waals surface area contributed by atoms with Crippen molar-refractivity contribution in [2.24, 2.45) is 0 Å². The smallest absolute Gasteiger partial charge is 0.305 e. The lowest BCUT2D eigenvalue weighted by Crippen LogP contribution is -2.24. The van der Waals surface area contributed by atoms with Crippen LogP contribution in [0.2, 0.25) is 0 Å². The lowest BCUT2D eigenvalue weighted by Gasteiger charge is -2.09. The monoisotopic (exact) mass is 259 g/mol. The number of carbonyl (C=O) groups excluding carboxylic acids is 1. The van der Waals surface area contributed by atoms with Gasteiger partial charge in [0.2, 0.25) is 0 Å². The molecule has 0 aromatic heterocycles. The third kappa shape index (κ3) is 7.66. The molecule has 1 aliphatic rings. The van der Waals surface area contributed by atoms with Gasteiger partial charge in [-0.2, -0.15) is 11.8 Å². The Hall–Kier alpha value is -0.220. The SMILES string of the molecule is CCOC(=O)CCCCCNCC1CCCS1. The highest BCUT2D eigenvalue weighted by atomic mass is 32.2. The van der Waals surface area contributed by atoms with Crippen LogP contribution in [0, 0.1) is 0 Å². The maximum atomic E-state index is 11.1. The van der Waals surface area contributed by atoms with Gasteiger partial charge in [-0.1, -0.05) is 6.42 Å². The Morgan fingerprint density at radius 1 is 1.41 bits per heavy atom. The summed E-state index contributed by atoms with van der Waals surface area (Å²) in [6, 6.07) is 0. The van der Waals surface area contributed by atoms with Gasteiger partial charge in [-0.25, -0.2) is 0 Å². The van der Waals surface area contributed by atoms with Crippen molar-refractivity contribution >= 4 is 17.7 Å². The molecule has 1 unspecified atom stereocenters. The van der Waals surface area contributed by atoms with E-state index in [0.717, 1.165) is 37.6 Å². The van der Waals surface area contributed by atoms with E-state index < -0.39 is 0 Å². The van der Waals surface area contributed by atoms with Crippen LogP contribution in [0.1, 0.15) is 45.4 Å². The number of carbonyl (C=O) groups is 1. The average molecular weight is 259 g/mol. The highest BCUT2D eigenvalue weighted by molar-refractivity contribution is 8.00. The quantitative estimate of drug-likeness (QED) is 0.510. The van der Waals surface area contributed by atoms with Gasteiger partial charge in [0.25, 0.3) is 0 Å². The van der Waals surface area contributed by atoms with Gasteiger partial charge in [-0.05, 0) is 44.9 Å². The van der Waals surface area contributed by atoms with E-state index in [9.17, 15) is 4.79 Å². The Bertz CT molecular complexity index is 206. The maximum Gasteiger partial charge on any atom is 0.305 e. The Kier molecular flexibility index (Phi) is 8.53. The first-order chi connectivity index (χ1) is 8.33. The van der Waals surface area contributed by atoms with E-state index in [-0.39, 0.29) is 5.97 Å². The molecule has 4 heteroatoms. The van der Waals surface area contributed by atoms with Gasteiger partial charge in [0, 0.05) is 18.2 Å². The summed E-state index contributed by atoms with van der Waals surface area (Å²) in [7, 11) is 0. The number of esters is 1. The van der Waals surface area contributed by atoms with Crippen molar-refractivity contribution in [2.45, 2.75) is 50.7 Å². The maximum absolute atomic E-state index is 11.1. The first kappa shape index (κ1) is 14.8. The van der Waals surface area contributed by atoms with E-state index in [1.807, 2.05) is 6.92 Å². The fourth-order valence-corrected chi connectivity index (χ4v) is 3.23. The zero-order chi connectivity index (χ0) is 12.3. The third-order valence-electron chi connectivity index (χ3n) is 2.94. The summed E-state index contributed by atoms with van der Waals surface area (Å²) >= 11 is 2.10. The Morgan fingerprint density at radius 2 is 2.29 bits per heavy atom. The van der Waals surface area contributed by atoms with Crippen LogP contribution in [0.4, 0.5) is 0 Å². The van der Waals surface area contributed by atoms with Crippen molar-refractivity contribution in [1.82, 2.24) is 5.32 Å². The predicted octanol–water partition coefficient (Wildman–Crippen LogP) is 2.60. The van der Waals surface area contributed by atoms with Crippen LogP contribution in [0.15, 0.2) is 0 Å². The molecular weight excluding hydrogens is 234 g/mol. The van der Waals surface area contributed by atoms with Crippen LogP contribution >= 0.6 is 11.8 Å². The van der Waals surface area contributed by atoms with Crippen LogP contribution in [0.5, 0.6) is 0 Å². The van der Waals surface area contributed by atoms with Crippen molar-refractivity contribution in [3.63, 3.8) is 0 Å². The zero-order valence-corrected chi connectivity index (χ0v) is 11.7. The van der Waals surface area contributed by atoms with Crippen LogP contribution in [0.3, 0.4) is 0 Å². The molecule has 1 fully saturated rings. The Balaban J connectivity index is 1.79. The van der Waals surface area contributed by atoms with Gasteiger partial charge in [-0.3, -0.25) is 4.79 Å². The number of rotatable bonds is 9. The highest BCUT2D eigenvalue weighted by Gasteiger charge is 2.14. The molecule has 0 radical (unpaired) electrons. The van der Waals surface area contributed by atoms with E-state index in [4.69, 9.17) is 4.74 Å². The molecule has 1 saturated heterocycles. The Morgan fingerprint density at radius 3 is 3.00 bits per heavy atom. The molecular formula is C13H25NO2S. The van der Waals surface area contributed by atoms with Gasteiger partial charge >= 0.3 is 5.97 Å². The number of thioether (sulfide) groups is 1. The first-order valence-electron chi connectivity index (χ1n) is 6.81. The second-order valence-electron chi connectivity index (χ2n) is 4.45. The van der Waals surface area contributed by atoms with Gasteiger partial charge in [0.1, 0.15) is 0 Å². The summed E-state index contributed by atoms with van der Waals surface area (Å²) in [5.74, 6) is 1.29. The van der Waals surface area contributed by atoms with E-state index in [1.165, 1.54) is 18.6 Å². The minimum Gasteiger partial charge on any atom is -0.466 e. The van der Waals surface area contributed by atoms with Crippen molar-refractivity contribution in [3.8, 4) is 0 Å². The fraction of sp³-hybridized carbons (Fsp3) is 0.923. The van der Waals surface area contributed by atoms with Crippen molar-refractivity contribution in [2.75, 3.05) is 25.4 Å². The summed E-state index contributed by atoms with van der Waals surface area (Å²) < 4.78 is 4.88. The predicted molar refractivity (Wildman–Crippen MR) is 73.5 cm³/mol. The number of hydrogen-bond donors (Lipinski definition) is 1. The molecule has 0 amide bonds. The van der Waals surface area contributed by atoms with Crippen molar-refractivity contribution in [1.29, 1.82) is 0 Å². The molecule has 0 saturated carbocycles. The summed E-state index contributed by atoms with van der Waals surface area (Å²) in [5.41, 5.74) is 0. The second-order valence-corrected chi connectivity index (χ2v) is 5.86. The third-order valence-corrected chi connectivity index (χ3v) is 4.33. The van der Waals surface area contributed by atoms with Crippen molar-refractivity contribution < 1.29 is 9.53 Å². The molecule has 17 heavy (non-hydrogen) atoms. The molecule has 1 N–H and O–H groups in total. The summed E-state index contributed by atoms with van der Waals surface area (Å²) in [4.78, 5) is 11.1. The highest BCUT2D eigenvalue weighted by Crippen LogP contribution is 2.25. The van der Waals surface area contributed by atoms with Gasteiger partial charge in [0.05, 0.1) is 6.61 Å². The normalized spacial score (nSPS) is 19.5. The number of hydrogen-bond acceptors (Lipinski definition) is 4. The summed E-state index contributed by atoms with van der Waals surface area (Å²) in [5, 5.41) is 4.35. The topological polar surface area (TPSA) is 38.3 Å². The molecule has 0 bridgehead atoms. The molecule has 100 valence electrons. The minimum atomic E-state index is -0.0529. The number of unbranched alkanes of at least 4 members (excludes halogenated alkanes) is 2. The number of ether oxygens (including phenoxy) is 1. The van der Waals surface area contributed by atoms with E-state index in [2.05, 4.69) is 17.1 Å². The average Bonchev–Trinajstić information content (AvgIpc) is 2.81. The second kappa shape index (κ2) is 9.77.